The first kappa shape index (κ1) is 21.0. The van der Waals surface area contributed by atoms with Crippen LogP contribution in [0.3, 0.4) is 0 Å². The first-order valence-corrected chi connectivity index (χ1v) is 8.13. The Hall–Kier alpha value is -3.03. The molecule has 0 radical (unpaired) electrons. The van der Waals surface area contributed by atoms with Crippen LogP contribution in [0.1, 0.15) is 26.3 Å². The Labute approximate surface area is 152 Å². The van der Waals surface area contributed by atoms with Crippen LogP contribution in [0, 0.1) is 0 Å². The van der Waals surface area contributed by atoms with Crippen LogP contribution in [-0.2, 0) is 14.3 Å². The lowest BCUT2D eigenvalue weighted by Gasteiger charge is -2.14. The molecule has 0 aliphatic rings. The number of carbonyl (C=O) groups is 3. The number of methoxy groups -OCH3 is 1. The number of carbonyl (C=O) groups excluding carboxylic acids is 3. The summed E-state index contributed by atoms with van der Waals surface area (Å²) in [5.41, 5.74) is 0.926. The van der Waals surface area contributed by atoms with E-state index in [1.165, 1.54) is 14.0 Å². The second kappa shape index (κ2) is 10.8. The number of nitrogens with one attached hydrogen (secondary N) is 2. The van der Waals surface area contributed by atoms with Gasteiger partial charge in [-0.25, -0.2) is 9.59 Å². The van der Waals surface area contributed by atoms with Crippen molar-refractivity contribution in [1.82, 2.24) is 10.6 Å². The number of rotatable bonds is 8. The summed E-state index contributed by atoms with van der Waals surface area (Å²) < 4.78 is 15.6. The fourth-order valence-corrected chi connectivity index (χ4v) is 1.94. The molecule has 0 aromatic heterocycles. The maximum absolute atomic E-state index is 11.8. The van der Waals surface area contributed by atoms with Crippen molar-refractivity contribution in [1.29, 1.82) is 0 Å². The van der Waals surface area contributed by atoms with Crippen molar-refractivity contribution in [3.8, 4) is 11.5 Å². The Kier molecular flexibility index (Phi) is 8.69. The molecule has 26 heavy (non-hydrogen) atoms. The standard InChI is InChI=1S/C18H24N2O6/c1-5-7-13-8-9-14(15(10-13)24-4)25-11-16(21)26-12(3)17(22)20-18(23)19-6-2/h5,7-10,12H,6,11H2,1-4H3,(H2,19,20,22,23)/b7-5+/t12-/m0/s1. The normalized spacial score (nSPS) is 11.5. The minimum absolute atomic E-state index is 0.371. The first-order chi connectivity index (χ1) is 12.4. The maximum Gasteiger partial charge on any atom is 0.344 e. The third-order valence-corrected chi connectivity index (χ3v) is 3.14. The first-order valence-electron chi connectivity index (χ1n) is 8.13. The molecule has 0 fully saturated rings. The van der Waals surface area contributed by atoms with Crippen LogP contribution >= 0.6 is 0 Å². The number of ether oxygens (including phenoxy) is 3. The van der Waals surface area contributed by atoms with E-state index in [9.17, 15) is 14.4 Å². The molecule has 142 valence electrons. The van der Waals surface area contributed by atoms with Crippen molar-refractivity contribution in [3.05, 3.63) is 29.8 Å². The Balaban J connectivity index is 2.56. The van der Waals surface area contributed by atoms with E-state index in [0.717, 1.165) is 5.56 Å². The SMILES string of the molecule is C/C=C/c1ccc(OCC(=O)O[C@@H](C)C(=O)NC(=O)NCC)c(OC)c1. The third kappa shape index (κ3) is 6.84. The van der Waals surface area contributed by atoms with E-state index < -0.39 is 30.6 Å². The number of hydrogen-bond donors (Lipinski definition) is 2. The molecule has 8 nitrogen and oxygen atoms in total. The van der Waals surface area contributed by atoms with Gasteiger partial charge in [-0.05, 0) is 38.5 Å². The summed E-state index contributed by atoms with van der Waals surface area (Å²) in [6.07, 6.45) is 2.66. The number of imide groups is 1. The van der Waals surface area contributed by atoms with Crippen LogP contribution in [0.25, 0.3) is 6.08 Å². The van der Waals surface area contributed by atoms with Crippen LogP contribution < -0.4 is 20.1 Å². The lowest BCUT2D eigenvalue weighted by Crippen LogP contribution is -2.44. The van der Waals surface area contributed by atoms with Crippen molar-refractivity contribution >= 4 is 24.0 Å². The molecule has 2 N–H and O–H groups in total. The minimum atomic E-state index is -1.13. The van der Waals surface area contributed by atoms with Gasteiger partial charge in [0.15, 0.2) is 24.2 Å². The summed E-state index contributed by atoms with van der Waals surface area (Å²) >= 11 is 0. The molecule has 1 aromatic carbocycles. The van der Waals surface area contributed by atoms with E-state index in [2.05, 4.69) is 10.6 Å². The summed E-state index contributed by atoms with van der Waals surface area (Å²) in [6, 6.07) is 4.60. The summed E-state index contributed by atoms with van der Waals surface area (Å²) in [5, 5.41) is 4.47. The molecule has 8 heteroatoms. The monoisotopic (exact) mass is 364 g/mol. The van der Waals surface area contributed by atoms with Gasteiger partial charge in [-0.15, -0.1) is 0 Å². The Morgan fingerprint density at radius 1 is 1.23 bits per heavy atom. The molecule has 1 rings (SSSR count). The zero-order valence-corrected chi connectivity index (χ0v) is 15.3. The van der Waals surface area contributed by atoms with Gasteiger partial charge in [0.1, 0.15) is 0 Å². The molecule has 0 aliphatic carbocycles. The molecule has 0 saturated carbocycles. The van der Waals surface area contributed by atoms with Crippen LogP contribution in [0.15, 0.2) is 24.3 Å². The fraction of sp³-hybridized carbons (Fsp3) is 0.389. The van der Waals surface area contributed by atoms with Crippen LogP contribution in [0.2, 0.25) is 0 Å². The second-order valence-corrected chi connectivity index (χ2v) is 5.18. The number of esters is 1. The molecule has 0 aliphatic heterocycles. The van der Waals surface area contributed by atoms with Crippen molar-refractivity contribution in [2.75, 3.05) is 20.3 Å². The fourth-order valence-electron chi connectivity index (χ4n) is 1.94. The van der Waals surface area contributed by atoms with Gasteiger partial charge < -0.3 is 19.5 Å². The summed E-state index contributed by atoms with van der Waals surface area (Å²) in [4.78, 5) is 34.8. The number of hydrogen-bond acceptors (Lipinski definition) is 6. The summed E-state index contributed by atoms with van der Waals surface area (Å²) in [6.45, 7) is 4.94. The highest BCUT2D eigenvalue weighted by molar-refractivity contribution is 5.97. The number of benzene rings is 1. The van der Waals surface area contributed by atoms with E-state index in [-0.39, 0.29) is 0 Å². The van der Waals surface area contributed by atoms with Crippen molar-refractivity contribution in [3.63, 3.8) is 0 Å². The highest BCUT2D eigenvalue weighted by Gasteiger charge is 2.20. The topological polar surface area (TPSA) is 103 Å². The van der Waals surface area contributed by atoms with Crippen molar-refractivity contribution in [2.24, 2.45) is 0 Å². The van der Waals surface area contributed by atoms with Gasteiger partial charge in [-0.3, -0.25) is 10.1 Å². The zero-order chi connectivity index (χ0) is 19.5. The van der Waals surface area contributed by atoms with Crippen molar-refractivity contribution in [2.45, 2.75) is 26.9 Å². The molecular weight excluding hydrogens is 340 g/mol. The molecular formula is C18H24N2O6. The highest BCUT2D eigenvalue weighted by atomic mass is 16.6. The molecule has 0 bridgehead atoms. The van der Waals surface area contributed by atoms with Gasteiger partial charge in [-0.2, -0.15) is 0 Å². The predicted molar refractivity (Wildman–Crippen MR) is 96.0 cm³/mol. The van der Waals surface area contributed by atoms with E-state index in [0.29, 0.717) is 18.0 Å². The lowest BCUT2D eigenvalue weighted by molar-refractivity contribution is -0.156. The molecule has 3 amide bonds. The molecule has 0 heterocycles. The Bertz CT molecular complexity index is 672. The van der Waals surface area contributed by atoms with Gasteiger partial charge in [0, 0.05) is 6.54 Å². The second-order valence-electron chi connectivity index (χ2n) is 5.18. The number of urea groups is 1. The summed E-state index contributed by atoms with van der Waals surface area (Å²) in [7, 11) is 1.49. The third-order valence-electron chi connectivity index (χ3n) is 3.14. The van der Waals surface area contributed by atoms with Crippen LogP contribution in [0.4, 0.5) is 4.79 Å². The molecule has 1 aromatic rings. The highest BCUT2D eigenvalue weighted by Crippen LogP contribution is 2.28. The van der Waals surface area contributed by atoms with Gasteiger partial charge in [0.25, 0.3) is 5.91 Å². The van der Waals surface area contributed by atoms with Gasteiger partial charge in [-0.1, -0.05) is 18.2 Å². The molecule has 0 spiro atoms. The smallest absolute Gasteiger partial charge is 0.344 e. The van der Waals surface area contributed by atoms with E-state index in [1.54, 1.807) is 19.1 Å². The van der Waals surface area contributed by atoms with Crippen molar-refractivity contribution < 1.29 is 28.6 Å². The Morgan fingerprint density at radius 2 is 1.96 bits per heavy atom. The lowest BCUT2D eigenvalue weighted by atomic mass is 10.2. The van der Waals surface area contributed by atoms with Crippen LogP contribution in [0.5, 0.6) is 11.5 Å². The summed E-state index contributed by atoms with van der Waals surface area (Å²) in [5.74, 6) is -0.631. The molecule has 1 atom stereocenters. The largest absolute Gasteiger partial charge is 0.493 e. The quantitative estimate of drug-likeness (QED) is 0.683. The van der Waals surface area contributed by atoms with E-state index >= 15 is 0 Å². The Morgan fingerprint density at radius 3 is 2.58 bits per heavy atom. The average Bonchev–Trinajstić information content (AvgIpc) is 2.60. The average molecular weight is 364 g/mol. The predicted octanol–water partition coefficient (Wildman–Crippen LogP) is 1.88. The minimum Gasteiger partial charge on any atom is -0.493 e. The van der Waals surface area contributed by atoms with E-state index in [1.807, 2.05) is 25.1 Å². The molecule has 0 unspecified atom stereocenters. The number of amides is 3. The van der Waals surface area contributed by atoms with Crippen LogP contribution in [-0.4, -0.2) is 44.3 Å². The van der Waals surface area contributed by atoms with E-state index in [4.69, 9.17) is 14.2 Å². The van der Waals surface area contributed by atoms with Gasteiger partial charge in [0.2, 0.25) is 0 Å². The zero-order valence-electron chi connectivity index (χ0n) is 15.3. The number of allylic oxidation sites excluding steroid dienone is 1. The molecule has 0 saturated heterocycles. The van der Waals surface area contributed by atoms with Gasteiger partial charge >= 0.3 is 12.0 Å². The van der Waals surface area contributed by atoms with Gasteiger partial charge in [0.05, 0.1) is 7.11 Å². The maximum atomic E-state index is 11.8.